The molecule has 2 aliphatic rings. The zero-order chi connectivity index (χ0) is 21.3. The molecule has 2 fully saturated rings. The molecule has 30 heavy (non-hydrogen) atoms. The van der Waals surface area contributed by atoms with E-state index in [1.54, 1.807) is 28.6 Å². The summed E-state index contributed by atoms with van der Waals surface area (Å²) < 4.78 is 33.0. The van der Waals surface area contributed by atoms with Crippen molar-refractivity contribution < 1.29 is 17.6 Å². The first-order chi connectivity index (χ1) is 14.3. The molecular formula is C20H26N4O4S2. The first kappa shape index (κ1) is 21.3. The third kappa shape index (κ3) is 5.04. The summed E-state index contributed by atoms with van der Waals surface area (Å²) in [5.74, 6) is 1.63. The van der Waals surface area contributed by atoms with Crippen LogP contribution >= 0.6 is 11.8 Å². The van der Waals surface area contributed by atoms with Gasteiger partial charge in [-0.3, -0.25) is 4.79 Å². The monoisotopic (exact) mass is 450 g/mol. The van der Waals surface area contributed by atoms with E-state index in [0.717, 1.165) is 19.3 Å². The third-order valence-corrected chi connectivity index (χ3v) is 7.95. The smallest absolute Gasteiger partial charge is 0.277 e. The Bertz CT molecular complexity index is 992. The number of benzene rings is 1. The quantitative estimate of drug-likeness (QED) is 0.645. The maximum atomic E-state index is 12.9. The number of carbonyl (C=O) groups is 1. The number of rotatable bonds is 7. The maximum absolute atomic E-state index is 12.9. The number of piperidine rings is 1. The molecular weight excluding hydrogens is 424 g/mol. The van der Waals surface area contributed by atoms with E-state index in [1.807, 2.05) is 0 Å². The van der Waals surface area contributed by atoms with Crippen LogP contribution in [0.15, 0.2) is 38.8 Å². The average molecular weight is 451 g/mol. The van der Waals surface area contributed by atoms with Crippen molar-refractivity contribution in [2.75, 3.05) is 24.2 Å². The largest absolute Gasteiger partial charge is 0.416 e. The van der Waals surface area contributed by atoms with E-state index < -0.39 is 10.0 Å². The minimum absolute atomic E-state index is 0.135. The van der Waals surface area contributed by atoms with Gasteiger partial charge in [0.15, 0.2) is 0 Å². The Labute approximate surface area is 180 Å². The van der Waals surface area contributed by atoms with Crippen LogP contribution in [0.5, 0.6) is 0 Å². The van der Waals surface area contributed by atoms with Crippen molar-refractivity contribution in [3.63, 3.8) is 0 Å². The topological polar surface area (TPSA) is 105 Å². The van der Waals surface area contributed by atoms with Crippen LogP contribution in [-0.2, 0) is 14.8 Å². The highest BCUT2D eigenvalue weighted by Crippen LogP contribution is 2.39. The molecule has 2 aromatic rings. The molecule has 1 amide bonds. The molecule has 0 radical (unpaired) electrons. The minimum Gasteiger partial charge on any atom is -0.416 e. The van der Waals surface area contributed by atoms with Gasteiger partial charge in [0.2, 0.25) is 21.8 Å². The Balaban J connectivity index is 1.32. The summed E-state index contributed by atoms with van der Waals surface area (Å²) in [4.78, 5) is 12.4. The molecule has 1 aliphatic heterocycles. The fourth-order valence-corrected chi connectivity index (χ4v) is 6.01. The van der Waals surface area contributed by atoms with Gasteiger partial charge in [-0.1, -0.05) is 25.6 Å². The van der Waals surface area contributed by atoms with E-state index in [1.165, 1.54) is 11.8 Å². The van der Waals surface area contributed by atoms with E-state index in [9.17, 15) is 13.2 Å². The second kappa shape index (κ2) is 8.68. The van der Waals surface area contributed by atoms with Gasteiger partial charge in [-0.15, -0.1) is 10.2 Å². The number of amides is 1. The van der Waals surface area contributed by atoms with Crippen LogP contribution in [0.4, 0.5) is 5.69 Å². The molecule has 1 aromatic carbocycles. The number of nitrogens with one attached hydrogen (secondary N) is 1. The summed E-state index contributed by atoms with van der Waals surface area (Å²) in [6.07, 6.45) is 3.20. The first-order valence-corrected chi connectivity index (χ1v) is 12.6. The van der Waals surface area contributed by atoms with Gasteiger partial charge in [-0.2, -0.15) is 4.31 Å². The van der Waals surface area contributed by atoms with Crippen LogP contribution in [0, 0.1) is 11.8 Å². The number of thioether (sulfide) groups is 1. The van der Waals surface area contributed by atoms with Crippen LogP contribution in [0.2, 0.25) is 0 Å². The van der Waals surface area contributed by atoms with Crippen molar-refractivity contribution >= 4 is 33.4 Å². The van der Waals surface area contributed by atoms with Crippen LogP contribution < -0.4 is 5.32 Å². The summed E-state index contributed by atoms with van der Waals surface area (Å²) in [5.41, 5.74) is 0.545. The fraction of sp³-hybridized carbons (Fsp3) is 0.550. The molecule has 0 spiro atoms. The Hall–Kier alpha value is -1.91. The van der Waals surface area contributed by atoms with Crippen LogP contribution in [-0.4, -0.2) is 47.7 Å². The molecule has 0 bridgehead atoms. The number of anilines is 1. The Kier molecular flexibility index (Phi) is 6.17. The highest BCUT2D eigenvalue weighted by molar-refractivity contribution is 7.99. The summed E-state index contributed by atoms with van der Waals surface area (Å²) in [7, 11) is -3.53. The molecule has 0 unspecified atom stereocenters. The Morgan fingerprint density at radius 3 is 2.47 bits per heavy atom. The van der Waals surface area contributed by atoms with E-state index in [4.69, 9.17) is 4.42 Å². The number of hydrogen-bond acceptors (Lipinski definition) is 7. The predicted octanol–water partition coefficient (Wildman–Crippen LogP) is 3.34. The highest BCUT2D eigenvalue weighted by Gasteiger charge is 2.32. The standard InChI is InChI=1S/C20H26N4O4S2/c1-13-9-14(2)11-24(10-13)30(26,27)17-7-5-16(6-8-17)21-18(25)12-29-20-23-22-19(28-20)15-3-4-15/h5-8,13-15H,3-4,9-12H2,1-2H3,(H,21,25)/t13-,14+. The zero-order valence-electron chi connectivity index (χ0n) is 17.1. The number of nitrogens with zero attached hydrogens (tertiary/aromatic N) is 3. The molecule has 2 atom stereocenters. The number of aromatic nitrogens is 2. The lowest BCUT2D eigenvalue weighted by atomic mass is 9.94. The maximum Gasteiger partial charge on any atom is 0.277 e. The van der Waals surface area contributed by atoms with E-state index in [-0.39, 0.29) is 16.6 Å². The van der Waals surface area contributed by atoms with Gasteiger partial charge < -0.3 is 9.73 Å². The van der Waals surface area contributed by atoms with Crippen LogP contribution in [0.3, 0.4) is 0 Å². The lowest BCUT2D eigenvalue weighted by molar-refractivity contribution is -0.113. The molecule has 1 N–H and O–H groups in total. The van der Waals surface area contributed by atoms with Crippen LogP contribution in [0.1, 0.15) is 44.9 Å². The fourth-order valence-electron chi connectivity index (χ4n) is 3.76. The van der Waals surface area contributed by atoms with Crippen molar-refractivity contribution in [1.82, 2.24) is 14.5 Å². The van der Waals surface area contributed by atoms with Gasteiger partial charge in [0.25, 0.3) is 5.22 Å². The van der Waals surface area contributed by atoms with Gasteiger partial charge in [0, 0.05) is 24.7 Å². The number of carbonyl (C=O) groups excluding carboxylic acids is 1. The molecule has 1 aromatic heterocycles. The zero-order valence-corrected chi connectivity index (χ0v) is 18.7. The third-order valence-electron chi connectivity index (χ3n) is 5.29. The number of sulfonamides is 1. The predicted molar refractivity (Wildman–Crippen MR) is 114 cm³/mol. The molecule has 1 saturated carbocycles. The lowest BCUT2D eigenvalue weighted by Gasteiger charge is -2.34. The minimum atomic E-state index is -3.53. The van der Waals surface area contributed by atoms with Gasteiger partial charge in [-0.05, 0) is 55.4 Å². The van der Waals surface area contributed by atoms with E-state index >= 15 is 0 Å². The lowest BCUT2D eigenvalue weighted by Crippen LogP contribution is -2.42. The van der Waals surface area contributed by atoms with Crippen molar-refractivity contribution in [2.45, 2.75) is 49.1 Å². The Morgan fingerprint density at radius 2 is 1.83 bits per heavy atom. The van der Waals surface area contributed by atoms with Gasteiger partial charge in [0.05, 0.1) is 10.6 Å². The molecule has 4 rings (SSSR count). The van der Waals surface area contributed by atoms with E-state index in [0.29, 0.717) is 47.6 Å². The normalized spacial score (nSPS) is 22.7. The van der Waals surface area contributed by atoms with Crippen LogP contribution in [0.25, 0.3) is 0 Å². The molecule has 8 nitrogen and oxygen atoms in total. The summed E-state index contributed by atoms with van der Waals surface area (Å²) in [6, 6.07) is 6.32. The van der Waals surface area contributed by atoms with Gasteiger partial charge in [-0.25, -0.2) is 8.42 Å². The first-order valence-electron chi connectivity index (χ1n) is 10.2. The summed E-state index contributed by atoms with van der Waals surface area (Å²) in [6.45, 7) is 5.24. The molecule has 10 heteroatoms. The molecule has 162 valence electrons. The average Bonchev–Trinajstić information content (AvgIpc) is 3.44. The van der Waals surface area contributed by atoms with Crippen molar-refractivity contribution in [1.29, 1.82) is 0 Å². The SMILES string of the molecule is C[C@@H]1C[C@H](C)CN(S(=O)(=O)c2ccc(NC(=O)CSc3nnc(C4CC4)o3)cc2)C1. The summed E-state index contributed by atoms with van der Waals surface area (Å²) >= 11 is 1.19. The molecule has 2 heterocycles. The second-order valence-electron chi connectivity index (χ2n) is 8.31. The highest BCUT2D eigenvalue weighted by atomic mass is 32.2. The van der Waals surface area contributed by atoms with Crippen molar-refractivity contribution in [3.8, 4) is 0 Å². The number of hydrogen-bond donors (Lipinski definition) is 1. The van der Waals surface area contributed by atoms with Crippen molar-refractivity contribution in [2.24, 2.45) is 11.8 Å². The second-order valence-corrected chi connectivity index (χ2v) is 11.2. The molecule has 1 aliphatic carbocycles. The van der Waals surface area contributed by atoms with E-state index in [2.05, 4.69) is 29.4 Å². The molecule has 1 saturated heterocycles. The Morgan fingerprint density at radius 1 is 1.17 bits per heavy atom. The van der Waals surface area contributed by atoms with Gasteiger partial charge >= 0.3 is 0 Å². The van der Waals surface area contributed by atoms with Gasteiger partial charge in [0.1, 0.15) is 0 Å². The van der Waals surface area contributed by atoms with Crippen molar-refractivity contribution in [3.05, 3.63) is 30.2 Å². The summed E-state index contributed by atoms with van der Waals surface area (Å²) in [5, 5.41) is 11.1.